The summed E-state index contributed by atoms with van der Waals surface area (Å²) in [6.45, 7) is 1.60. The molecule has 0 saturated carbocycles. The molecule has 0 saturated heterocycles. The first kappa shape index (κ1) is 11.6. The molecule has 0 amide bonds. The van der Waals surface area contributed by atoms with Gasteiger partial charge in [0.15, 0.2) is 0 Å². The van der Waals surface area contributed by atoms with Gasteiger partial charge in [-0.25, -0.2) is 4.39 Å². The summed E-state index contributed by atoms with van der Waals surface area (Å²) >= 11 is 0. The van der Waals surface area contributed by atoms with E-state index in [4.69, 9.17) is 0 Å². The molecule has 0 radical (unpaired) electrons. The van der Waals surface area contributed by atoms with Crippen molar-refractivity contribution in [3.63, 3.8) is 0 Å². The number of nitrogens with zero attached hydrogens (tertiary/aromatic N) is 1. The molecule has 0 fully saturated rings. The van der Waals surface area contributed by atoms with Gasteiger partial charge in [0.25, 0.3) is 0 Å². The number of pyridine rings is 1. The van der Waals surface area contributed by atoms with Gasteiger partial charge in [-0.15, -0.1) is 13.2 Å². The number of ether oxygens (including phenoxy) is 1. The smallest absolute Gasteiger partial charge is 0.405 e. The molecule has 17 heavy (non-hydrogen) atoms. The Kier molecular flexibility index (Phi) is 2.65. The Morgan fingerprint density at radius 2 is 1.88 bits per heavy atom. The monoisotopic (exact) mass is 245 g/mol. The van der Waals surface area contributed by atoms with Gasteiger partial charge < -0.3 is 4.74 Å². The molecule has 0 spiro atoms. The van der Waals surface area contributed by atoms with E-state index in [2.05, 4.69) is 9.72 Å². The minimum absolute atomic E-state index is 0.00245. The Hall–Kier alpha value is -1.85. The topological polar surface area (TPSA) is 22.1 Å². The summed E-state index contributed by atoms with van der Waals surface area (Å²) in [5, 5.41) is 0.0483. The normalized spacial score (nSPS) is 11.8. The third kappa shape index (κ3) is 2.46. The van der Waals surface area contributed by atoms with Gasteiger partial charge in [0.05, 0.1) is 0 Å². The Morgan fingerprint density at radius 1 is 1.18 bits per heavy atom. The van der Waals surface area contributed by atoms with Crippen LogP contribution in [0.5, 0.6) is 5.75 Å². The van der Waals surface area contributed by atoms with E-state index >= 15 is 0 Å². The lowest BCUT2D eigenvalue weighted by molar-refractivity contribution is -0.274. The number of aryl methyl sites for hydroxylation is 1. The number of hydrogen-bond donors (Lipinski definition) is 0. The molecule has 0 aliphatic heterocycles. The highest BCUT2D eigenvalue weighted by Gasteiger charge is 2.32. The Labute approximate surface area is 93.8 Å². The van der Waals surface area contributed by atoms with Crippen LogP contribution in [0.15, 0.2) is 24.4 Å². The zero-order valence-corrected chi connectivity index (χ0v) is 8.68. The van der Waals surface area contributed by atoms with E-state index in [-0.39, 0.29) is 10.8 Å². The van der Waals surface area contributed by atoms with Crippen LogP contribution in [0.25, 0.3) is 10.8 Å². The van der Waals surface area contributed by atoms with Crippen LogP contribution in [-0.4, -0.2) is 11.3 Å². The number of fused-ring (bicyclic) bond motifs is 1. The van der Waals surface area contributed by atoms with Gasteiger partial charge in [0.1, 0.15) is 11.6 Å². The molecule has 90 valence electrons. The van der Waals surface area contributed by atoms with E-state index in [0.29, 0.717) is 5.69 Å². The summed E-state index contributed by atoms with van der Waals surface area (Å²) in [4.78, 5) is 3.83. The molecular formula is C11H7F4NO. The number of halogens is 4. The fourth-order valence-corrected chi connectivity index (χ4v) is 1.50. The summed E-state index contributed by atoms with van der Waals surface area (Å²) in [5.41, 5.74) is 0.482. The summed E-state index contributed by atoms with van der Waals surface area (Å²) in [6.07, 6.45) is -3.62. The van der Waals surface area contributed by atoms with Gasteiger partial charge in [-0.1, -0.05) is 0 Å². The maximum atomic E-state index is 13.4. The minimum atomic E-state index is -4.80. The van der Waals surface area contributed by atoms with Crippen molar-refractivity contribution >= 4 is 10.8 Å². The van der Waals surface area contributed by atoms with Gasteiger partial charge in [-0.3, -0.25) is 4.98 Å². The molecule has 1 heterocycles. The van der Waals surface area contributed by atoms with Crippen molar-refractivity contribution in [3.8, 4) is 5.75 Å². The summed E-state index contributed by atoms with van der Waals surface area (Å²) in [7, 11) is 0. The summed E-state index contributed by atoms with van der Waals surface area (Å²) in [5.74, 6) is -1.07. The third-order valence-corrected chi connectivity index (χ3v) is 2.17. The lowest BCUT2D eigenvalue weighted by Crippen LogP contribution is -2.17. The fraction of sp³-hybridized carbons (Fsp3) is 0.182. The van der Waals surface area contributed by atoms with E-state index in [0.717, 1.165) is 12.1 Å². The van der Waals surface area contributed by atoms with Crippen LogP contribution >= 0.6 is 0 Å². The highest BCUT2D eigenvalue weighted by atomic mass is 19.4. The second-order valence-corrected chi connectivity index (χ2v) is 3.46. The van der Waals surface area contributed by atoms with Crippen LogP contribution in [0, 0.1) is 12.7 Å². The molecule has 2 nitrogen and oxygen atoms in total. The van der Waals surface area contributed by atoms with Gasteiger partial charge in [0, 0.05) is 22.7 Å². The molecule has 1 aromatic heterocycles. The minimum Gasteiger partial charge on any atom is -0.405 e. The van der Waals surface area contributed by atoms with Crippen molar-refractivity contribution in [2.45, 2.75) is 13.3 Å². The lowest BCUT2D eigenvalue weighted by Gasteiger charge is -2.11. The van der Waals surface area contributed by atoms with Gasteiger partial charge in [0.2, 0.25) is 0 Å². The Morgan fingerprint density at radius 3 is 2.53 bits per heavy atom. The van der Waals surface area contributed by atoms with Crippen LogP contribution in [-0.2, 0) is 0 Å². The van der Waals surface area contributed by atoms with E-state index in [1.54, 1.807) is 6.92 Å². The SMILES string of the molecule is Cc1cc2c(OC(F)(F)F)ccc(F)c2cn1. The highest BCUT2D eigenvalue weighted by Crippen LogP contribution is 2.31. The van der Waals surface area contributed by atoms with Gasteiger partial charge >= 0.3 is 6.36 Å². The highest BCUT2D eigenvalue weighted by molar-refractivity contribution is 5.88. The zero-order valence-electron chi connectivity index (χ0n) is 8.68. The van der Waals surface area contributed by atoms with E-state index in [1.165, 1.54) is 12.3 Å². The molecule has 0 aliphatic rings. The maximum Gasteiger partial charge on any atom is 0.573 e. The van der Waals surface area contributed by atoms with Crippen molar-refractivity contribution in [3.05, 3.63) is 35.9 Å². The number of aromatic nitrogens is 1. The van der Waals surface area contributed by atoms with Crippen molar-refractivity contribution in [1.82, 2.24) is 4.98 Å². The standard InChI is InChI=1S/C11H7F4NO/c1-6-4-7-8(5-16-6)9(12)2-3-10(7)17-11(13,14)15/h2-5H,1H3. The molecule has 6 heteroatoms. The molecule has 0 bridgehead atoms. The van der Waals surface area contributed by atoms with Crippen LogP contribution < -0.4 is 4.74 Å². The van der Waals surface area contributed by atoms with Crippen molar-refractivity contribution in [2.24, 2.45) is 0 Å². The Bertz CT molecular complexity index is 565. The lowest BCUT2D eigenvalue weighted by atomic mass is 10.1. The van der Waals surface area contributed by atoms with Gasteiger partial charge in [-0.05, 0) is 25.1 Å². The molecule has 2 aromatic rings. The number of hydrogen-bond acceptors (Lipinski definition) is 2. The first-order valence-electron chi connectivity index (χ1n) is 4.67. The van der Waals surface area contributed by atoms with Gasteiger partial charge in [-0.2, -0.15) is 0 Å². The van der Waals surface area contributed by atoms with Crippen LogP contribution in [0.2, 0.25) is 0 Å². The predicted molar refractivity (Wildman–Crippen MR) is 53.1 cm³/mol. The van der Waals surface area contributed by atoms with Crippen LogP contribution in [0.1, 0.15) is 5.69 Å². The molecule has 2 rings (SSSR count). The average Bonchev–Trinajstić information content (AvgIpc) is 2.20. The number of rotatable bonds is 1. The second-order valence-electron chi connectivity index (χ2n) is 3.46. The quantitative estimate of drug-likeness (QED) is 0.716. The first-order valence-corrected chi connectivity index (χ1v) is 4.67. The fourth-order valence-electron chi connectivity index (χ4n) is 1.50. The summed E-state index contributed by atoms with van der Waals surface area (Å²) in [6, 6.07) is 3.21. The average molecular weight is 245 g/mol. The van der Waals surface area contributed by atoms with E-state index in [9.17, 15) is 17.6 Å². The van der Waals surface area contributed by atoms with E-state index < -0.39 is 17.9 Å². The summed E-state index contributed by atoms with van der Waals surface area (Å²) < 4.78 is 53.6. The van der Waals surface area contributed by atoms with Crippen molar-refractivity contribution in [2.75, 3.05) is 0 Å². The zero-order chi connectivity index (χ0) is 12.6. The van der Waals surface area contributed by atoms with Crippen LogP contribution in [0.3, 0.4) is 0 Å². The number of alkyl halides is 3. The first-order chi connectivity index (χ1) is 7.87. The van der Waals surface area contributed by atoms with Crippen molar-refractivity contribution < 1.29 is 22.3 Å². The van der Waals surface area contributed by atoms with Crippen molar-refractivity contribution in [1.29, 1.82) is 0 Å². The molecule has 0 N–H and O–H groups in total. The molecule has 1 aromatic carbocycles. The molecule has 0 aliphatic carbocycles. The molecule has 0 unspecified atom stereocenters. The largest absolute Gasteiger partial charge is 0.573 e. The Balaban J connectivity index is 2.64. The molecule has 0 atom stereocenters. The second kappa shape index (κ2) is 3.87. The van der Waals surface area contributed by atoms with E-state index in [1.807, 2.05) is 0 Å². The maximum absolute atomic E-state index is 13.4. The molecular weight excluding hydrogens is 238 g/mol. The third-order valence-electron chi connectivity index (χ3n) is 2.17. The number of benzene rings is 1. The predicted octanol–water partition coefficient (Wildman–Crippen LogP) is 3.58. The van der Waals surface area contributed by atoms with Crippen LogP contribution in [0.4, 0.5) is 17.6 Å².